The first-order chi connectivity index (χ1) is 7.96. The Kier molecular flexibility index (Phi) is 3.02. The van der Waals surface area contributed by atoms with Crippen molar-refractivity contribution >= 4 is 12.1 Å². The average Bonchev–Trinajstić information content (AvgIpc) is 2.26. The lowest BCUT2D eigenvalue weighted by molar-refractivity contribution is -0.189. The van der Waals surface area contributed by atoms with E-state index in [1.54, 1.807) is 6.92 Å². The second kappa shape index (κ2) is 4.20. The number of carboxylic acid groups (broad SMARTS) is 1. The zero-order valence-electron chi connectivity index (χ0n) is 10.3. The van der Waals surface area contributed by atoms with Crippen LogP contribution in [-0.4, -0.2) is 39.8 Å². The van der Waals surface area contributed by atoms with Gasteiger partial charge in [-0.05, 0) is 26.7 Å². The lowest BCUT2D eigenvalue weighted by atomic mass is 9.80. The fourth-order valence-electron chi connectivity index (χ4n) is 2.99. The number of hydrogen-bond donors (Lipinski definition) is 1. The number of ether oxygens (including phenoxy) is 1. The molecule has 1 amide bonds. The third-order valence-electron chi connectivity index (χ3n) is 3.98. The SMILES string of the molecule is C[C@@H]1OC(=O)[C@@H]1N(C(=O)O)C1(C)CCCCC1. The van der Waals surface area contributed by atoms with Crippen LogP contribution in [0.2, 0.25) is 0 Å². The number of nitrogens with zero attached hydrogens (tertiary/aromatic N) is 1. The van der Waals surface area contributed by atoms with Gasteiger partial charge < -0.3 is 9.84 Å². The summed E-state index contributed by atoms with van der Waals surface area (Å²) in [6.45, 7) is 3.69. The van der Waals surface area contributed by atoms with Gasteiger partial charge >= 0.3 is 12.1 Å². The molecule has 1 saturated heterocycles. The quantitative estimate of drug-likeness (QED) is 0.751. The van der Waals surface area contributed by atoms with Crippen molar-refractivity contribution in [1.82, 2.24) is 4.90 Å². The van der Waals surface area contributed by atoms with E-state index in [0.717, 1.165) is 32.1 Å². The summed E-state index contributed by atoms with van der Waals surface area (Å²) < 4.78 is 4.87. The summed E-state index contributed by atoms with van der Waals surface area (Å²) in [4.78, 5) is 24.2. The summed E-state index contributed by atoms with van der Waals surface area (Å²) >= 11 is 0. The van der Waals surface area contributed by atoms with E-state index < -0.39 is 23.6 Å². The third-order valence-corrected chi connectivity index (χ3v) is 3.98. The maximum Gasteiger partial charge on any atom is 0.408 e. The largest absolute Gasteiger partial charge is 0.465 e. The van der Waals surface area contributed by atoms with Crippen molar-refractivity contribution in [2.45, 2.75) is 63.6 Å². The summed E-state index contributed by atoms with van der Waals surface area (Å²) in [5, 5.41) is 9.38. The molecular weight excluding hydrogens is 222 g/mol. The minimum absolute atomic E-state index is 0.322. The van der Waals surface area contributed by atoms with Gasteiger partial charge in [-0.25, -0.2) is 9.59 Å². The molecule has 0 unspecified atom stereocenters. The van der Waals surface area contributed by atoms with E-state index in [1.807, 2.05) is 6.92 Å². The van der Waals surface area contributed by atoms with Crippen LogP contribution in [0.25, 0.3) is 0 Å². The normalized spacial score (nSPS) is 31.3. The molecule has 2 rings (SSSR count). The molecule has 17 heavy (non-hydrogen) atoms. The van der Waals surface area contributed by atoms with Crippen LogP contribution in [-0.2, 0) is 9.53 Å². The minimum atomic E-state index is -1.01. The number of carbonyl (C=O) groups excluding carboxylic acids is 1. The van der Waals surface area contributed by atoms with Crippen LogP contribution in [0.5, 0.6) is 0 Å². The highest BCUT2D eigenvalue weighted by Gasteiger charge is 2.52. The van der Waals surface area contributed by atoms with Crippen molar-refractivity contribution in [3.63, 3.8) is 0 Å². The van der Waals surface area contributed by atoms with Crippen molar-refractivity contribution in [2.75, 3.05) is 0 Å². The van der Waals surface area contributed by atoms with Crippen LogP contribution in [0.4, 0.5) is 4.79 Å². The Labute approximate surface area is 101 Å². The molecule has 5 heteroatoms. The lowest BCUT2D eigenvalue weighted by Crippen LogP contribution is -2.66. The standard InChI is InChI=1S/C12H19NO4/c1-8-9(10(14)17-8)13(11(15)16)12(2)6-4-3-5-7-12/h8-9H,3-7H2,1-2H3,(H,15,16)/t8-,9+/m0/s1. The molecular formula is C12H19NO4. The molecule has 5 nitrogen and oxygen atoms in total. The molecule has 0 radical (unpaired) electrons. The predicted octanol–water partition coefficient (Wildman–Crippen LogP) is 2.00. The third kappa shape index (κ3) is 1.98. The Hall–Kier alpha value is -1.26. The Balaban J connectivity index is 2.22. The van der Waals surface area contributed by atoms with E-state index in [0.29, 0.717) is 0 Å². The molecule has 0 aromatic carbocycles. The summed E-state index contributed by atoms with van der Waals surface area (Å²) in [5.74, 6) is -0.410. The first-order valence-corrected chi connectivity index (χ1v) is 6.18. The maximum absolute atomic E-state index is 11.4. The molecule has 2 atom stereocenters. The minimum Gasteiger partial charge on any atom is -0.465 e. The van der Waals surface area contributed by atoms with E-state index in [4.69, 9.17) is 4.74 Å². The highest BCUT2D eigenvalue weighted by Crippen LogP contribution is 2.37. The van der Waals surface area contributed by atoms with Gasteiger partial charge in [-0.15, -0.1) is 0 Å². The van der Waals surface area contributed by atoms with Gasteiger partial charge in [0.1, 0.15) is 6.10 Å². The monoisotopic (exact) mass is 241 g/mol. The zero-order valence-corrected chi connectivity index (χ0v) is 10.3. The van der Waals surface area contributed by atoms with Crippen molar-refractivity contribution < 1.29 is 19.4 Å². The fourth-order valence-corrected chi connectivity index (χ4v) is 2.99. The van der Waals surface area contributed by atoms with Crippen LogP contribution in [0.1, 0.15) is 46.0 Å². The Morgan fingerprint density at radius 2 is 2.00 bits per heavy atom. The molecule has 2 fully saturated rings. The Morgan fingerprint density at radius 1 is 1.41 bits per heavy atom. The van der Waals surface area contributed by atoms with Gasteiger partial charge in [0.2, 0.25) is 0 Å². The van der Waals surface area contributed by atoms with Gasteiger partial charge in [-0.2, -0.15) is 0 Å². The number of esters is 1. The Morgan fingerprint density at radius 3 is 2.41 bits per heavy atom. The lowest BCUT2D eigenvalue weighted by Gasteiger charge is -2.49. The highest BCUT2D eigenvalue weighted by atomic mass is 16.6. The first kappa shape index (κ1) is 12.2. The van der Waals surface area contributed by atoms with Crippen LogP contribution in [0.3, 0.4) is 0 Å². The molecule has 1 saturated carbocycles. The van der Waals surface area contributed by atoms with Gasteiger partial charge in [0.05, 0.1) is 0 Å². The average molecular weight is 241 g/mol. The molecule has 0 bridgehead atoms. The first-order valence-electron chi connectivity index (χ1n) is 6.18. The number of carbonyl (C=O) groups is 2. The highest BCUT2D eigenvalue weighted by molar-refractivity contribution is 5.86. The Bertz CT molecular complexity index is 335. The van der Waals surface area contributed by atoms with Gasteiger partial charge in [-0.1, -0.05) is 19.3 Å². The van der Waals surface area contributed by atoms with Crippen LogP contribution >= 0.6 is 0 Å². The summed E-state index contributed by atoms with van der Waals surface area (Å²) in [6, 6.07) is -0.615. The fraction of sp³-hybridized carbons (Fsp3) is 0.833. The molecule has 0 aromatic heterocycles. The predicted molar refractivity (Wildman–Crippen MR) is 60.7 cm³/mol. The van der Waals surface area contributed by atoms with E-state index in [2.05, 4.69) is 0 Å². The second-order valence-corrected chi connectivity index (χ2v) is 5.30. The van der Waals surface area contributed by atoms with Crippen LogP contribution in [0.15, 0.2) is 0 Å². The maximum atomic E-state index is 11.4. The van der Waals surface area contributed by atoms with E-state index in [-0.39, 0.29) is 6.10 Å². The number of rotatable bonds is 2. The van der Waals surface area contributed by atoms with Gasteiger partial charge in [0, 0.05) is 5.54 Å². The molecule has 2 aliphatic rings. The molecule has 1 heterocycles. The molecule has 0 spiro atoms. The molecule has 1 N–H and O–H groups in total. The zero-order chi connectivity index (χ0) is 12.6. The molecule has 1 aliphatic heterocycles. The summed E-state index contributed by atoms with van der Waals surface area (Å²) in [6.07, 6.45) is 3.52. The van der Waals surface area contributed by atoms with E-state index in [9.17, 15) is 14.7 Å². The molecule has 96 valence electrons. The van der Waals surface area contributed by atoms with Crippen LogP contribution < -0.4 is 0 Å². The molecule has 0 aromatic rings. The van der Waals surface area contributed by atoms with Crippen molar-refractivity contribution in [2.24, 2.45) is 0 Å². The van der Waals surface area contributed by atoms with Gasteiger partial charge in [-0.3, -0.25) is 4.90 Å². The van der Waals surface area contributed by atoms with E-state index >= 15 is 0 Å². The number of amides is 1. The van der Waals surface area contributed by atoms with Crippen molar-refractivity contribution in [1.29, 1.82) is 0 Å². The molecule has 1 aliphatic carbocycles. The van der Waals surface area contributed by atoms with Gasteiger partial charge in [0.15, 0.2) is 6.04 Å². The number of hydrogen-bond acceptors (Lipinski definition) is 3. The number of cyclic esters (lactones) is 1. The topological polar surface area (TPSA) is 66.8 Å². The van der Waals surface area contributed by atoms with E-state index in [1.165, 1.54) is 4.90 Å². The van der Waals surface area contributed by atoms with Crippen molar-refractivity contribution in [3.05, 3.63) is 0 Å². The summed E-state index contributed by atoms with van der Waals surface area (Å²) in [7, 11) is 0. The second-order valence-electron chi connectivity index (χ2n) is 5.30. The summed E-state index contributed by atoms with van der Waals surface area (Å²) in [5.41, 5.74) is -0.414. The van der Waals surface area contributed by atoms with Crippen molar-refractivity contribution in [3.8, 4) is 0 Å². The van der Waals surface area contributed by atoms with Gasteiger partial charge in [0.25, 0.3) is 0 Å². The van der Waals surface area contributed by atoms with Crippen LogP contribution in [0, 0.1) is 0 Å². The smallest absolute Gasteiger partial charge is 0.408 e.